The molecule has 0 atom stereocenters. The van der Waals surface area contributed by atoms with Crippen molar-refractivity contribution >= 4 is 28.9 Å². The zero-order chi connectivity index (χ0) is 19.4. The number of aryl methyl sites for hydroxylation is 1. The summed E-state index contributed by atoms with van der Waals surface area (Å²) in [7, 11) is 1.55. The average Bonchev–Trinajstić information content (AvgIpc) is 3.16. The van der Waals surface area contributed by atoms with Crippen LogP contribution in [0.1, 0.15) is 17.4 Å². The number of nitrogens with one attached hydrogen (secondary N) is 1. The molecule has 0 spiro atoms. The summed E-state index contributed by atoms with van der Waals surface area (Å²) in [4.78, 5) is 16.3. The molecule has 0 fully saturated rings. The number of halogens is 1. The molecule has 0 aliphatic heterocycles. The van der Waals surface area contributed by atoms with Crippen LogP contribution >= 0.6 is 11.6 Å². The Labute approximate surface area is 170 Å². The second-order valence-corrected chi connectivity index (χ2v) is 6.29. The van der Waals surface area contributed by atoms with Crippen LogP contribution in [0, 0.1) is 0 Å². The Morgan fingerprint density at radius 3 is 2.81 bits per heavy atom. The molecule has 27 heavy (non-hydrogen) atoms. The van der Waals surface area contributed by atoms with E-state index in [1.807, 2.05) is 19.1 Å². The van der Waals surface area contributed by atoms with E-state index >= 15 is 0 Å². The third kappa shape index (κ3) is 4.07. The van der Waals surface area contributed by atoms with Gasteiger partial charge in [0.15, 0.2) is 0 Å². The van der Waals surface area contributed by atoms with Gasteiger partial charge >= 0.3 is 163 Å². The third-order valence-corrected chi connectivity index (χ3v) is 4.41. The Kier molecular flexibility index (Phi) is 5.98. The minimum atomic E-state index is -0.583. The molecule has 2 heterocycles. The molecule has 11 heteroatoms. The topological polar surface area (TPSA) is 104 Å². The van der Waals surface area contributed by atoms with Crippen molar-refractivity contribution in [2.24, 2.45) is 0 Å². The molecule has 3 rings (SSSR count). The molecular weight excluding hydrogens is 425 g/mol. The molecule has 2 aromatic heterocycles. The van der Waals surface area contributed by atoms with Crippen molar-refractivity contribution < 1.29 is 31.8 Å². The number of anilines is 2. The van der Waals surface area contributed by atoms with Crippen LogP contribution in [0.3, 0.4) is 0 Å². The van der Waals surface area contributed by atoms with Gasteiger partial charge in [-0.25, -0.2) is 0 Å². The van der Waals surface area contributed by atoms with Crippen LogP contribution in [-0.2, 0) is 28.8 Å². The molecule has 1 N–H and O–H groups in total. The van der Waals surface area contributed by atoms with Gasteiger partial charge in [0, 0.05) is 0 Å². The summed E-state index contributed by atoms with van der Waals surface area (Å²) in [5.41, 5.74) is 1.68. The standard InChI is InChI=1S/C16H15ClN6O3.Zn/c1-3-23-8-18-15(22-23)9-5-4-6-10(14(9)26-2)19-11-7-12(17)20-21-13(11)16(24)25;/h4-8H,3H2,1-2H3,(H,19,20)(H,24,25);/q;+1/p-1. The Morgan fingerprint density at radius 1 is 1.33 bits per heavy atom. The number of hydrogen-bond donors (Lipinski definition) is 1. The van der Waals surface area contributed by atoms with Crippen molar-refractivity contribution in [1.82, 2.24) is 25.0 Å². The fourth-order valence-corrected chi connectivity index (χ4v) is 2.86. The number of carbonyl (C=O) groups is 1. The average molecular weight is 439 g/mol. The van der Waals surface area contributed by atoms with Crippen molar-refractivity contribution in [2.45, 2.75) is 13.5 Å². The van der Waals surface area contributed by atoms with Gasteiger partial charge in [-0.2, -0.15) is 0 Å². The summed E-state index contributed by atoms with van der Waals surface area (Å²) < 4.78 is 12.2. The van der Waals surface area contributed by atoms with Crippen molar-refractivity contribution in [3.8, 4) is 17.1 Å². The summed E-state index contributed by atoms with van der Waals surface area (Å²) in [6, 6.07) is 6.97. The van der Waals surface area contributed by atoms with Gasteiger partial charge in [-0.3, -0.25) is 0 Å². The SMILES string of the molecule is CCn1cnc(-c2cccc(Nc3cc(Cl)nnc3C(=O)[O][Zn])c2OC)n1. The zero-order valence-corrected chi connectivity index (χ0v) is 18.4. The van der Waals surface area contributed by atoms with Crippen LogP contribution in [0.15, 0.2) is 30.6 Å². The van der Waals surface area contributed by atoms with Crippen molar-refractivity contribution in [3.05, 3.63) is 41.4 Å². The molecule has 0 aliphatic carbocycles. The number of benzene rings is 1. The van der Waals surface area contributed by atoms with E-state index in [1.165, 1.54) is 6.07 Å². The molecule has 0 radical (unpaired) electrons. The van der Waals surface area contributed by atoms with E-state index in [4.69, 9.17) is 19.9 Å². The molecule has 135 valence electrons. The first-order valence-corrected chi connectivity index (χ1v) is 9.49. The molecule has 0 aliphatic rings. The quantitative estimate of drug-likeness (QED) is 0.585. The van der Waals surface area contributed by atoms with Crippen LogP contribution in [0.25, 0.3) is 11.4 Å². The molecule has 0 saturated heterocycles. The predicted octanol–water partition coefficient (Wildman–Crippen LogP) is 2.78. The molecule has 0 saturated carbocycles. The van der Waals surface area contributed by atoms with Crippen LogP contribution in [0.5, 0.6) is 5.75 Å². The van der Waals surface area contributed by atoms with Gasteiger partial charge < -0.3 is 0 Å². The maximum atomic E-state index is 12.0. The summed E-state index contributed by atoms with van der Waals surface area (Å²) in [6.45, 7) is 2.69. The predicted molar refractivity (Wildman–Crippen MR) is 93.4 cm³/mol. The van der Waals surface area contributed by atoms with E-state index < -0.39 is 5.97 Å². The number of aromatic nitrogens is 5. The normalized spacial score (nSPS) is 10.6. The van der Waals surface area contributed by atoms with E-state index in [0.717, 1.165) is 0 Å². The maximum absolute atomic E-state index is 12.0. The first-order valence-electron chi connectivity index (χ1n) is 7.90. The van der Waals surface area contributed by atoms with E-state index in [0.29, 0.717) is 53.7 Å². The Morgan fingerprint density at radius 2 is 2.15 bits per heavy atom. The van der Waals surface area contributed by atoms with Crippen molar-refractivity contribution in [3.63, 3.8) is 0 Å². The number of methoxy groups -OCH3 is 1. The summed E-state index contributed by atoms with van der Waals surface area (Å²) in [5.74, 6) is 0.463. The van der Waals surface area contributed by atoms with Crippen LogP contribution < -0.4 is 10.1 Å². The van der Waals surface area contributed by atoms with Gasteiger partial charge in [-0.15, -0.1) is 0 Å². The van der Waals surface area contributed by atoms with E-state index in [2.05, 4.69) is 25.6 Å². The number of rotatable bonds is 6. The number of para-hydroxylation sites is 1. The number of ether oxygens (including phenoxy) is 1. The van der Waals surface area contributed by atoms with E-state index in [9.17, 15) is 4.79 Å². The van der Waals surface area contributed by atoms with Crippen molar-refractivity contribution in [1.29, 1.82) is 0 Å². The van der Waals surface area contributed by atoms with E-state index in [-0.39, 0.29) is 10.8 Å². The first-order chi connectivity index (χ1) is 13.1. The zero-order valence-electron chi connectivity index (χ0n) is 14.6. The molecule has 3 aromatic rings. The Bertz CT molecular complexity index is 981. The summed E-state index contributed by atoms with van der Waals surface area (Å²) in [6.07, 6.45) is 1.65. The fourth-order valence-electron chi connectivity index (χ4n) is 2.43. The van der Waals surface area contributed by atoms with Crippen LogP contribution in [-0.4, -0.2) is 38.0 Å². The van der Waals surface area contributed by atoms with Crippen molar-refractivity contribution in [2.75, 3.05) is 12.4 Å². The second kappa shape index (κ2) is 8.41. The number of carbonyl (C=O) groups excluding carboxylic acids is 1. The van der Waals surface area contributed by atoms with Crippen LogP contribution in [0.4, 0.5) is 11.4 Å². The molecule has 0 unspecified atom stereocenters. The van der Waals surface area contributed by atoms with Gasteiger partial charge in [0.25, 0.3) is 0 Å². The molecule has 1 aromatic carbocycles. The van der Waals surface area contributed by atoms with Gasteiger partial charge in [0.05, 0.1) is 0 Å². The monoisotopic (exact) mass is 437 g/mol. The van der Waals surface area contributed by atoms with Gasteiger partial charge in [0.1, 0.15) is 0 Å². The molecule has 0 bridgehead atoms. The molecular formula is C16H14ClN6O3Zn. The molecule has 0 amide bonds. The first kappa shape index (κ1) is 19.2. The Balaban J connectivity index is 2.05. The minimum absolute atomic E-state index is 0.0338. The molecule has 9 nitrogen and oxygen atoms in total. The third-order valence-electron chi connectivity index (χ3n) is 3.68. The van der Waals surface area contributed by atoms with Gasteiger partial charge in [-0.05, 0) is 6.92 Å². The van der Waals surface area contributed by atoms with Crippen LogP contribution in [0.2, 0.25) is 5.15 Å². The summed E-state index contributed by atoms with van der Waals surface area (Å²) in [5, 5.41) is 15.2. The van der Waals surface area contributed by atoms with Gasteiger partial charge in [-0.1, -0.05) is 0 Å². The number of hydrogen-bond acceptors (Lipinski definition) is 8. The Hall–Kier alpha value is -2.58. The van der Waals surface area contributed by atoms with E-state index in [1.54, 1.807) is 24.2 Å². The number of nitrogens with zero attached hydrogens (tertiary/aromatic N) is 5. The fraction of sp³-hybridized carbons (Fsp3) is 0.188. The van der Waals surface area contributed by atoms with Gasteiger partial charge in [0.2, 0.25) is 0 Å². The summed E-state index contributed by atoms with van der Waals surface area (Å²) >= 11 is 6.28. The second-order valence-electron chi connectivity index (χ2n) is 5.30.